The number of rotatable bonds is 4. The van der Waals surface area contributed by atoms with Crippen LogP contribution in [0.3, 0.4) is 0 Å². The maximum Gasteiger partial charge on any atom is 0.270 e. The Kier molecular flexibility index (Phi) is 4.30. The van der Waals surface area contributed by atoms with Gasteiger partial charge in [0.2, 0.25) is 0 Å². The Bertz CT molecular complexity index is 662. The number of benzene rings is 1. The number of nitrogens with one attached hydrogen (secondary N) is 1. The van der Waals surface area contributed by atoms with E-state index in [0.717, 1.165) is 5.56 Å². The van der Waals surface area contributed by atoms with Gasteiger partial charge < -0.3 is 10.1 Å². The maximum absolute atomic E-state index is 12.0. The topological polar surface area (TPSA) is 75.0 Å². The fraction of sp³-hybridized carbons (Fsp3) is 0.133. The van der Waals surface area contributed by atoms with Crippen molar-refractivity contribution in [3.63, 3.8) is 0 Å². The van der Waals surface area contributed by atoms with Crippen molar-refractivity contribution >= 4 is 5.91 Å². The van der Waals surface area contributed by atoms with Crippen LogP contribution in [-0.2, 0) is 6.54 Å². The largest absolute Gasteiger partial charge is 0.496 e. The number of pyridine rings is 1. The Morgan fingerprint density at radius 3 is 2.85 bits per heavy atom. The second kappa shape index (κ2) is 6.34. The van der Waals surface area contributed by atoms with Crippen molar-refractivity contribution in [3.8, 4) is 11.8 Å². The van der Waals surface area contributed by atoms with E-state index in [1.807, 2.05) is 30.3 Å². The van der Waals surface area contributed by atoms with Crippen LogP contribution in [0, 0.1) is 11.3 Å². The number of carbonyl (C=O) groups excluding carboxylic acids is 1. The van der Waals surface area contributed by atoms with Gasteiger partial charge in [-0.15, -0.1) is 0 Å². The SMILES string of the molecule is COc1ccccc1CNC(=O)c1cccc(C#N)n1. The quantitative estimate of drug-likeness (QED) is 0.917. The van der Waals surface area contributed by atoms with Gasteiger partial charge in [0.15, 0.2) is 0 Å². The zero-order valence-corrected chi connectivity index (χ0v) is 11.0. The normalized spacial score (nSPS) is 9.60. The molecular weight excluding hydrogens is 254 g/mol. The molecule has 1 heterocycles. The van der Waals surface area contributed by atoms with Crippen molar-refractivity contribution in [3.05, 3.63) is 59.4 Å². The molecule has 0 unspecified atom stereocenters. The zero-order valence-electron chi connectivity index (χ0n) is 11.0. The molecule has 0 aliphatic rings. The lowest BCUT2D eigenvalue weighted by Crippen LogP contribution is -2.24. The molecule has 5 heteroatoms. The number of hydrogen-bond acceptors (Lipinski definition) is 4. The van der Waals surface area contributed by atoms with Crippen LogP contribution in [0.1, 0.15) is 21.7 Å². The summed E-state index contributed by atoms with van der Waals surface area (Å²) < 4.78 is 5.21. The third-order valence-electron chi connectivity index (χ3n) is 2.73. The number of ether oxygens (including phenoxy) is 1. The standard InChI is InChI=1S/C15H13N3O2/c1-20-14-8-3-2-5-11(14)10-17-15(19)13-7-4-6-12(9-16)18-13/h2-8H,10H2,1H3,(H,17,19). The Morgan fingerprint density at radius 2 is 2.10 bits per heavy atom. The van der Waals surface area contributed by atoms with E-state index < -0.39 is 0 Å². The van der Waals surface area contributed by atoms with Crippen LogP contribution in [0.25, 0.3) is 0 Å². The highest BCUT2D eigenvalue weighted by Gasteiger charge is 2.09. The molecule has 20 heavy (non-hydrogen) atoms. The van der Waals surface area contributed by atoms with Gasteiger partial charge >= 0.3 is 0 Å². The smallest absolute Gasteiger partial charge is 0.270 e. The highest BCUT2D eigenvalue weighted by Crippen LogP contribution is 2.16. The monoisotopic (exact) mass is 267 g/mol. The summed E-state index contributed by atoms with van der Waals surface area (Å²) in [4.78, 5) is 15.9. The minimum Gasteiger partial charge on any atom is -0.496 e. The van der Waals surface area contributed by atoms with E-state index in [2.05, 4.69) is 10.3 Å². The molecule has 0 radical (unpaired) electrons. The molecule has 0 aliphatic carbocycles. The number of amides is 1. The first-order chi connectivity index (χ1) is 9.74. The van der Waals surface area contributed by atoms with Gasteiger partial charge in [-0.05, 0) is 18.2 Å². The minimum atomic E-state index is -0.326. The van der Waals surface area contributed by atoms with E-state index in [1.54, 1.807) is 25.3 Å². The zero-order chi connectivity index (χ0) is 14.4. The number of para-hydroxylation sites is 1. The van der Waals surface area contributed by atoms with Gasteiger partial charge in [0.1, 0.15) is 23.2 Å². The molecule has 5 nitrogen and oxygen atoms in total. The maximum atomic E-state index is 12.0. The number of nitrogens with zero attached hydrogens (tertiary/aromatic N) is 2. The minimum absolute atomic E-state index is 0.218. The lowest BCUT2D eigenvalue weighted by atomic mass is 10.2. The van der Waals surface area contributed by atoms with Crippen LogP contribution in [0.2, 0.25) is 0 Å². The molecule has 1 aromatic heterocycles. The predicted molar refractivity (Wildman–Crippen MR) is 73.1 cm³/mol. The Morgan fingerprint density at radius 1 is 1.30 bits per heavy atom. The van der Waals surface area contributed by atoms with Gasteiger partial charge in [-0.25, -0.2) is 4.98 Å². The molecule has 2 rings (SSSR count). The van der Waals surface area contributed by atoms with Gasteiger partial charge in [-0.3, -0.25) is 4.79 Å². The summed E-state index contributed by atoms with van der Waals surface area (Å²) >= 11 is 0. The van der Waals surface area contributed by atoms with E-state index in [4.69, 9.17) is 10.00 Å². The third kappa shape index (κ3) is 3.12. The van der Waals surface area contributed by atoms with E-state index in [9.17, 15) is 4.79 Å². The van der Waals surface area contributed by atoms with Crippen molar-refractivity contribution in [2.24, 2.45) is 0 Å². The summed E-state index contributed by atoms with van der Waals surface area (Å²) in [6.07, 6.45) is 0. The molecule has 0 atom stereocenters. The second-order valence-electron chi connectivity index (χ2n) is 4.01. The lowest BCUT2D eigenvalue weighted by Gasteiger charge is -2.09. The summed E-state index contributed by atoms with van der Waals surface area (Å²) in [6, 6.07) is 14.1. The van der Waals surface area contributed by atoms with Crippen molar-refractivity contribution in [2.75, 3.05) is 7.11 Å². The van der Waals surface area contributed by atoms with Gasteiger partial charge in [0.05, 0.1) is 7.11 Å². The average Bonchev–Trinajstić information content (AvgIpc) is 2.52. The Hall–Kier alpha value is -2.87. The number of nitriles is 1. The molecule has 1 amide bonds. The summed E-state index contributed by atoms with van der Waals surface area (Å²) in [7, 11) is 1.58. The van der Waals surface area contributed by atoms with Crippen LogP contribution >= 0.6 is 0 Å². The first-order valence-electron chi connectivity index (χ1n) is 6.02. The number of hydrogen-bond donors (Lipinski definition) is 1. The van der Waals surface area contributed by atoms with Crippen LogP contribution in [-0.4, -0.2) is 18.0 Å². The number of carbonyl (C=O) groups is 1. The molecule has 1 aromatic carbocycles. The summed E-state index contributed by atoms with van der Waals surface area (Å²) in [5, 5.41) is 11.5. The molecule has 0 bridgehead atoms. The molecular formula is C15H13N3O2. The van der Waals surface area contributed by atoms with Gasteiger partial charge in [0, 0.05) is 12.1 Å². The predicted octanol–water partition coefficient (Wildman–Crippen LogP) is 1.89. The average molecular weight is 267 g/mol. The van der Waals surface area contributed by atoms with Crippen LogP contribution in [0.4, 0.5) is 0 Å². The fourth-order valence-corrected chi connectivity index (χ4v) is 1.74. The van der Waals surface area contributed by atoms with E-state index >= 15 is 0 Å². The molecule has 0 fully saturated rings. The molecule has 0 saturated heterocycles. The van der Waals surface area contributed by atoms with Crippen LogP contribution in [0.15, 0.2) is 42.5 Å². The van der Waals surface area contributed by atoms with Crippen molar-refractivity contribution in [1.29, 1.82) is 5.26 Å². The van der Waals surface area contributed by atoms with Crippen molar-refractivity contribution in [1.82, 2.24) is 10.3 Å². The van der Waals surface area contributed by atoms with E-state index in [0.29, 0.717) is 12.3 Å². The van der Waals surface area contributed by atoms with Crippen LogP contribution < -0.4 is 10.1 Å². The molecule has 100 valence electrons. The number of methoxy groups -OCH3 is 1. The summed E-state index contributed by atoms with van der Waals surface area (Å²) in [5.41, 5.74) is 1.31. The lowest BCUT2D eigenvalue weighted by molar-refractivity contribution is 0.0945. The van der Waals surface area contributed by atoms with E-state index in [-0.39, 0.29) is 17.3 Å². The molecule has 0 spiro atoms. The van der Waals surface area contributed by atoms with Crippen LogP contribution in [0.5, 0.6) is 5.75 Å². The van der Waals surface area contributed by atoms with Crippen molar-refractivity contribution < 1.29 is 9.53 Å². The second-order valence-corrected chi connectivity index (χ2v) is 4.01. The van der Waals surface area contributed by atoms with Crippen molar-refractivity contribution in [2.45, 2.75) is 6.54 Å². The molecule has 2 aromatic rings. The Labute approximate surface area is 116 Å². The van der Waals surface area contributed by atoms with Gasteiger partial charge in [-0.2, -0.15) is 5.26 Å². The summed E-state index contributed by atoms with van der Waals surface area (Å²) in [5.74, 6) is 0.388. The number of aromatic nitrogens is 1. The molecule has 1 N–H and O–H groups in total. The Balaban J connectivity index is 2.07. The first-order valence-corrected chi connectivity index (χ1v) is 6.02. The summed E-state index contributed by atoms with van der Waals surface area (Å²) in [6.45, 7) is 0.335. The van der Waals surface area contributed by atoms with Gasteiger partial charge in [-0.1, -0.05) is 24.3 Å². The van der Waals surface area contributed by atoms with Gasteiger partial charge in [0.25, 0.3) is 5.91 Å². The highest BCUT2D eigenvalue weighted by atomic mass is 16.5. The molecule has 0 aliphatic heterocycles. The highest BCUT2D eigenvalue weighted by molar-refractivity contribution is 5.92. The fourth-order valence-electron chi connectivity index (χ4n) is 1.74. The first kappa shape index (κ1) is 13.6. The third-order valence-corrected chi connectivity index (χ3v) is 2.73. The molecule has 0 saturated carbocycles. The van der Waals surface area contributed by atoms with E-state index in [1.165, 1.54) is 0 Å².